The predicted octanol–water partition coefficient (Wildman–Crippen LogP) is 1.02. The molecule has 170 valence electrons. The van der Waals surface area contributed by atoms with Crippen LogP contribution in [0.4, 0.5) is 0 Å². The fourth-order valence-corrected chi connectivity index (χ4v) is 3.92. The molecule has 1 saturated heterocycles. The van der Waals surface area contributed by atoms with Crippen LogP contribution in [0, 0.1) is 0 Å². The fraction of sp³-hybridized carbons (Fsp3) is 0.348. The standard InChI is InChI=1S/C23H25NO8/c1-12(26)14-8-7-13(30-2)9-17(14)24-10-18(15-5-3-4-6-16(15)24)31-22-21(28)20(27)19(11-25)32-23(22)29/h3-10,19-23,25,27-29H,11H2,1-2H3/t19-,20+,21+,22-,23-/m1/s1. The first kappa shape index (κ1) is 22.3. The molecule has 2 heterocycles. The molecule has 1 aromatic heterocycles. The van der Waals surface area contributed by atoms with Crippen molar-refractivity contribution >= 4 is 16.7 Å². The lowest BCUT2D eigenvalue weighted by atomic mass is 9.99. The van der Waals surface area contributed by atoms with Crippen molar-refractivity contribution in [1.82, 2.24) is 4.57 Å². The lowest BCUT2D eigenvalue weighted by molar-refractivity contribution is -0.280. The Morgan fingerprint density at radius 1 is 1.12 bits per heavy atom. The highest BCUT2D eigenvalue weighted by atomic mass is 16.7. The van der Waals surface area contributed by atoms with Gasteiger partial charge in [0.05, 0.1) is 31.1 Å². The minimum atomic E-state index is -1.57. The number of hydrogen-bond acceptors (Lipinski definition) is 8. The lowest BCUT2D eigenvalue weighted by Crippen LogP contribution is -2.60. The van der Waals surface area contributed by atoms with Gasteiger partial charge in [0.1, 0.15) is 29.8 Å². The molecule has 0 unspecified atom stereocenters. The van der Waals surface area contributed by atoms with Gasteiger partial charge >= 0.3 is 0 Å². The Kier molecular flexibility index (Phi) is 6.18. The van der Waals surface area contributed by atoms with E-state index in [1.807, 2.05) is 12.1 Å². The Morgan fingerprint density at radius 2 is 1.88 bits per heavy atom. The summed E-state index contributed by atoms with van der Waals surface area (Å²) in [6.07, 6.45) is -5.30. The third-order valence-corrected chi connectivity index (χ3v) is 5.62. The van der Waals surface area contributed by atoms with E-state index in [2.05, 4.69) is 0 Å². The highest BCUT2D eigenvalue weighted by Gasteiger charge is 2.45. The van der Waals surface area contributed by atoms with Gasteiger partial charge in [0, 0.05) is 17.0 Å². The first-order valence-electron chi connectivity index (χ1n) is 10.1. The zero-order valence-electron chi connectivity index (χ0n) is 17.6. The molecule has 32 heavy (non-hydrogen) atoms. The van der Waals surface area contributed by atoms with Crippen molar-refractivity contribution in [2.24, 2.45) is 0 Å². The van der Waals surface area contributed by atoms with Crippen molar-refractivity contribution in [2.45, 2.75) is 37.6 Å². The second-order valence-corrected chi connectivity index (χ2v) is 7.63. The molecule has 0 saturated carbocycles. The molecule has 1 fully saturated rings. The van der Waals surface area contributed by atoms with E-state index in [9.17, 15) is 25.2 Å². The molecule has 4 rings (SSSR count). The van der Waals surface area contributed by atoms with E-state index in [1.165, 1.54) is 14.0 Å². The van der Waals surface area contributed by atoms with Gasteiger partial charge in [0.25, 0.3) is 0 Å². The molecule has 1 aliphatic heterocycles. The molecule has 0 aliphatic carbocycles. The number of nitrogens with zero attached hydrogens (tertiary/aromatic N) is 1. The van der Waals surface area contributed by atoms with Crippen LogP contribution in [0.25, 0.3) is 16.6 Å². The molecule has 0 amide bonds. The molecule has 9 heteroatoms. The number of rotatable bonds is 6. The normalized spacial score (nSPS) is 25.6. The summed E-state index contributed by atoms with van der Waals surface area (Å²) >= 11 is 0. The van der Waals surface area contributed by atoms with Crippen LogP contribution >= 0.6 is 0 Å². The molecule has 2 aromatic carbocycles. The Labute approximate surface area is 184 Å². The number of para-hydroxylation sites is 1. The number of carbonyl (C=O) groups excluding carboxylic acids is 1. The SMILES string of the molecule is COc1ccc(C(C)=O)c(-n2cc(O[C@@H]3[C@@H](O)[C@@H](O)[C@@H](CO)O[C@H]3O)c3ccccc32)c1. The van der Waals surface area contributed by atoms with Gasteiger partial charge in [-0.3, -0.25) is 4.79 Å². The van der Waals surface area contributed by atoms with Gasteiger partial charge in [-0.1, -0.05) is 12.1 Å². The summed E-state index contributed by atoms with van der Waals surface area (Å²) in [4.78, 5) is 12.3. The molecule has 0 bridgehead atoms. The van der Waals surface area contributed by atoms with Crippen LogP contribution in [-0.4, -0.2) is 75.2 Å². The van der Waals surface area contributed by atoms with Crippen LogP contribution in [-0.2, 0) is 4.74 Å². The smallest absolute Gasteiger partial charge is 0.195 e. The van der Waals surface area contributed by atoms with Gasteiger partial charge < -0.3 is 39.2 Å². The Hall–Kier alpha value is -2.95. The molecule has 3 aromatic rings. The molecule has 0 spiro atoms. The average molecular weight is 443 g/mol. The minimum absolute atomic E-state index is 0.132. The second-order valence-electron chi connectivity index (χ2n) is 7.63. The van der Waals surface area contributed by atoms with E-state index in [0.29, 0.717) is 33.7 Å². The van der Waals surface area contributed by atoms with Gasteiger partial charge in [-0.25, -0.2) is 0 Å². The van der Waals surface area contributed by atoms with Gasteiger partial charge in [-0.05, 0) is 31.2 Å². The zero-order chi connectivity index (χ0) is 23.0. The summed E-state index contributed by atoms with van der Waals surface area (Å²) in [6.45, 7) is 0.907. The first-order valence-corrected chi connectivity index (χ1v) is 10.1. The van der Waals surface area contributed by atoms with Gasteiger partial charge in [-0.15, -0.1) is 0 Å². The Balaban J connectivity index is 1.79. The first-order chi connectivity index (χ1) is 15.3. The van der Waals surface area contributed by atoms with Crippen molar-refractivity contribution < 1.29 is 39.4 Å². The summed E-state index contributed by atoms with van der Waals surface area (Å²) in [5.74, 6) is 0.738. The largest absolute Gasteiger partial charge is 0.497 e. The van der Waals surface area contributed by atoms with Crippen LogP contribution in [0.2, 0.25) is 0 Å². The van der Waals surface area contributed by atoms with Gasteiger partial charge in [0.2, 0.25) is 0 Å². The predicted molar refractivity (Wildman–Crippen MR) is 114 cm³/mol. The minimum Gasteiger partial charge on any atom is -0.497 e. The van der Waals surface area contributed by atoms with Gasteiger partial charge in [0.15, 0.2) is 18.2 Å². The maximum Gasteiger partial charge on any atom is 0.195 e. The molecule has 5 atom stereocenters. The molecule has 0 radical (unpaired) electrons. The van der Waals surface area contributed by atoms with E-state index in [0.717, 1.165) is 0 Å². The number of aliphatic hydroxyl groups is 4. The van der Waals surface area contributed by atoms with Crippen molar-refractivity contribution in [2.75, 3.05) is 13.7 Å². The van der Waals surface area contributed by atoms with Crippen LogP contribution in [0.15, 0.2) is 48.7 Å². The van der Waals surface area contributed by atoms with Crippen molar-refractivity contribution in [1.29, 1.82) is 0 Å². The molecular weight excluding hydrogens is 418 g/mol. The Morgan fingerprint density at radius 3 is 2.56 bits per heavy atom. The van der Waals surface area contributed by atoms with Crippen molar-refractivity contribution in [3.63, 3.8) is 0 Å². The van der Waals surface area contributed by atoms with E-state index in [1.54, 1.807) is 41.1 Å². The van der Waals surface area contributed by atoms with E-state index in [-0.39, 0.29) is 5.78 Å². The van der Waals surface area contributed by atoms with E-state index >= 15 is 0 Å². The second kappa shape index (κ2) is 8.89. The summed E-state index contributed by atoms with van der Waals surface area (Å²) in [6, 6.07) is 12.4. The number of aromatic nitrogens is 1. The summed E-state index contributed by atoms with van der Waals surface area (Å²) in [5, 5.41) is 40.9. The number of fused-ring (bicyclic) bond motifs is 1. The third-order valence-electron chi connectivity index (χ3n) is 5.62. The Bertz CT molecular complexity index is 1130. The third kappa shape index (κ3) is 3.85. The number of benzene rings is 2. The maximum absolute atomic E-state index is 12.3. The number of carbonyl (C=O) groups is 1. The average Bonchev–Trinajstić information content (AvgIpc) is 3.17. The molecular formula is C23H25NO8. The van der Waals surface area contributed by atoms with Crippen LogP contribution in [0.3, 0.4) is 0 Å². The van der Waals surface area contributed by atoms with Gasteiger partial charge in [-0.2, -0.15) is 0 Å². The zero-order valence-corrected chi connectivity index (χ0v) is 17.6. The molecule has 9 nitrogen and oxygen atoms in total. The summed E-state index contributed by atoms with van der Waals surface area (Å²) in [5.41, 5.74) is 1.76. The number of methoxy groups -OCH3 is 1. The van der Waals surface area contributed by atoms with Crippen molar-refractivity contribution in [3.05, 3.63) is 54.2 Å². The maximum atomic E-state index is 12.3. The highest BCUT2D eigenvalue weighted by Crippen LogP contribution is 2.35. The number of ketones is 1. The molecule has 1 aliphatic rings. The number of Topliss-reactive ketones (excluding diaryl/α,β-unsaturated/α-hetero) is 1. The van der Waals surface area contributed by atoms with Crippen LogP contribution in [0.1, 0.15) is 17.3 Å². The highest BCUT2D eigenvalue weighted by molar-refractivity contribution is 5.99. The quantitative estimate of drug-likeness (QED) is 0.416. The topological polar surface area (TPSA) is 131 Å². The lowest BCUT2D eigenvalue weighted by Gasteiger charge is -2.39. The fourth-order valence-electron chi connectivity index (χ4n) is 3.92. The van der Waals surface area contributed by atoms with E-state index in [4.69, 9.17) is 14.2 Å². The molecule has 4 N–H and O–H groups in total. The summed E-state index contributed by atoms with van der Waals surface area (Å²) in [7, 11) is 1.53. The number of hydrogen-bond donors (Lipinski definition) is 4. The van der Waals surface area contributed by atoms with E-state index < -0.39 is 37.3 Å². The van der Waals surface area contributed by atoms with Crippen LogP contribution in [0.5, 0.6) is 11.5 Å². The number of aliphatic hydroxyl groups excluding tert-OH is 4. The van der Waals surface area contributed by atoms with Crippen LogP contribution < -0.4 is 9.47 Å². The number of ether oxygens (including phenoxy) is 3. The monoisotopic (exact) mass is 443 g/mol. The summed E-state index contributed by atoms with van der Waals surface area (Å²) < 4.78 is 18.2. The van der Waals surface area contributed by atoms with Crippen molar-refractivity contribution in [3.8, 4) is 17.2 Å².